The molecule has 0 aromatic heterocycles. The van der Waals surface area contributed by atoms with E-state index in [0.717, 1.165) is 42.2 Å². The summed E-state index contributed by atoms with van der Waals surface area (Å²) in [4.78, 5) is 14.5. The van der Waals surface area contributed by atoms with Crippen molar-refractivity contribution in [2.75, 3.05) is 24.7 Å². The summed E-state index contributed by atoms with van der Waals surface area (Å²) in [5.74, 6) is 0.154. The van der Waals surface area contributed by atoms with Gasteiger partial charge in [-0.2, -0.15) is 0 Å². The number of rotatable bonds is 1. The van der Waals surface area contributed by atoms with Gasteiger partial charge in [-0.15, -0.1) is 0 Å². The molecule has 4 nitrogen and oxygen atoms in total. The number of hydrogen-bond acceptors (Lipinski definition) is 3. The number of halogens is 1. The minimum absolute atomic E-state index is 0.154. The SMILES string of the molecule is Cc1cc(N2CNC(=O)C23CCNCC3)ccc1Cl. The minimum Gasteiger partial charge on any atom is -0.339 e. The zero-order valence-electron chi connectivity index (χ0n) is 11.0. The van der Waals surface area contributed by atoms with E-state index in [1.165, 1.54) is 0 Å². The molecule has 0 atom stereocenters. The molecular weight excluding hydrogens is 262 g/mol. The van der Waals surface area contributed by atoms with Gasteiger partial charge in [-0.25, -0.2) is 0 Å². The van der Waals surface area contributed by atoms with Crippen LogP contribution in [0.3, 0.4) is 0 Å². The fourth-order valence-electron chi connectivity index (χ4n) is 3.06. The van der Waals surface area contributed by atoms with E-state index in [1.807, 2.05) is 19.1 Å². The van der Waals surface area contributed by atoms with Gasteiger partial charge >= 0.3 is 0 Å². The number of anilines is 1. The lowest BCUT2D eigenvalue weighted by molar-refractivity contribution is -0.124. The van der Waals surface area contributed by atoms with Gasteiger partial charge in [0, 0.05) is 10.7 Å². The highest BCUT2D eigenvalue weighted by atomic mass is 35.5. The third-order valence-corrected chi connectivity index (χ3v) is 4.65. The lowest BCUT2D eigenvalue weighted by Crippen LogP contribution is -2.55. The first kappa shape index (κ1) is 12.8. The van der Waals surface area contributed by atoms with Crippen molar-refractivity contribution in [1.82, 2.24) is 10.6 Å². The Bertz CT molecular complexity index is 511. The van der Waals surface area contributed by atoms with Crippen molar-refractivity contribution in [3.8, 4) is 0 Å². The number of benzene rings is 1. The van der Waals surface area contributed by atoms with Crippen molar-refractivity contribution < 1.29 is 4.79 Å². The van der Waals surface area contributed by atoms with Gasteiger partial charge in [-0.05, 0) is 56.6 Å². The monoisotopic (exact) mass is 279 g/mol. The maximum absolute atomic E-state index is 12.3. The predicted molar refractivity (Wildman–Crippen MR) is 76.5 cm³/mol. The molecule has 2 N–H and O–H groups in total. The first-order valence-electron chi connectivity index (χ1n) is 6.66. The largest absolute Gasteiger partial charge is 0.339 e. The Morgan fingerprint density at radius 2 is 2.05 bits per heavy atom. The average Bonchev–Trinajstić information content (AvgIpc) is 2.72. The van der Waals surface area contributed by atoms with Crippen molar-refractivity contribution in [3.05, 3.63) is 28.8 Å². The van der Waals surface area contributed by atoms with Crippen molar-refractivity contribution in [1.29, 1.82) is 0 Å². The molecule has 5 heteroatoms. The zero-order chi connectivity index (χ0) is 13.5. The molecule has 102 valence electrons. The van der Waals surface area contributed by atoms with Crippen LogP contribution in [0.25, 0.3) is 0 Å². The Hall–Kier alpha value is -1.26. The molecule has 0 bridgehead atoms. The number of aryl methyl sites for hydroxylation is 1. The topological polar surface area (TPSA) is 44.4 Å². The van der Waals surface area contributed by atoms with Crippen LogP contribution in [-0.4, -0.2) is 31.2 Å². The Morgan fingerprint density at radius 3 is 2.74 bits per heavy atom. The van der Waals surface area contributed by atoms with Crippen LogP contribution in [0.2, 0.25) is 5.02 Å². The molecule has 1 amide bonds. The molecule has 2 aliphatic rings. The molecule has 2 saturated heterocycles. The van der Waals surface area contributed by atoms with Crippen LogP contribution >= 0.6 is 11.6 Å². The van der Waals surface area contributed by atoms with Gasteiger partial charge in [0.15, 0.2) is 0 Å². The van der Waals surface area contributed by atoms with Crippen LogP contribution in [-0.2, 0) is 4.79 Å². The van der Waals surface area contributed by atoms with E-state index in [1.54, 1.807) is 0 Å². The summed E-state index contributed by atoms with van der Waals surface area (Å²) in [5, 5.41) is 7.08. The first-order chi connectivity index (χ1) is 9.13. The maximum atomic E-state index is 12.3. The molecule has 2 heterocycles. The maximum Gasteiger partial charge on any atom is 0.247 e. The number of carbonyl (C=O) groups excluding carboxylic acids is 1. The summed E-state index contributed by atoms with van der Waals surface area (Å²) in [7, 11) is 0. The third kappa shape index (κ3) is 1.99. The molecule has 1 spiro atoms. The molecule has 2 fully saturated rings. The zero-order valence-corrected chi connectivity index (χ0v) is 11.8. The Balaban J connectivity index is 1.98. The van der Waals surface area contributed by atoms with Crippen LogP contribution in [0, 0.1) is 6.92 Å². The minimum atomic E-state index is -0.383. The van der Waals surface area contributed by atoms with Crippen molar-refractivity contribution in [2.24, 2.45) is 0 Å². The average molecular weight is 280 g/mol. The lowest BCUT2D eigenvalue weighted by Gasteiger charge is -2.40. The predicted octanol–water partition coefficient (Wildman–Crippen LogP) is 1.66. The van der Waals surface area contributed by atoms with Gasteiger partial charge in [-0.3, -0.25) is 4.79 Å². The second-order valence-electron chi connectivity index (χ2n) is 5.31. The number of carbonyl (C=O) groups is 1. The standard InChI is InChI=1S/C14H18ClN3O/c1-10-8-11(2-3-12(10)15)18-9-17-13(19)14(18)4-6-16-7-5-14/h2-3,8,16H,4-7,9H2,1H3,(H,17,19). The highest BCUT2D eigenvalue weighted by Gasteiger charge is 2.49. The molecule has 0 radical (unpaired) electrons. The highest BCUT2D eigenvalue weighted by Crippen LogP contribution is 2.35. The Kier molecular flexibility index (Phi) is 3.15. The van der Waals surface area contributed by atoms with E-state index in [0.29, 0.717) is 6.67 Å². The van der Waals surface area contributed by atoms with Crippen LogP contribution in [0.1, 0.15) is 18.4 Å². The van der Waals surface area contributed by atoms with E-state index >= 15 is 0 Å². The summed E-state index contributed by atoms with van der Waals surface area (Å²) in [6.07, 6.45) is 1.70. The summed E-state index contributed by atoms with van der Waals surface area (Å²) >= 11 is 6.08. The normalized spacial score (nSPS) is 21.8. The van der Waals surface area contributed by atoms with Gasteiger partial charge in [-0.1, -0.05) is 11.6 Å². The van der Waals surface area contributed by atoms with E-state index in [2.05, 4.69) is 21.6 Å². The molecule has 19 heavy (non-hydrogen) atoms. The molecule has 3 rings (SSSR count). The van der Waals surface area contributed by atoms with E-state index in [-0.39, 0.29) is 11.4 Å². The molecule has 0 saturated carbocycles. The Morgan fingerprint density at radius 1 is 1.32 bits per heavy atom. The van der Waals surface area contributed by atoms with Crippen LogP contribution in [0.4, 0.5) is 5.69 Å². The molecule has 2 aliphatic heterocycles. The van der Waals surface area contributed by atoms with Gasteiger partial charge in [0.2, 0.25) is 5.91 Å². The summed E-state index contributed by atoms with van der Waals surface area (Å²) in [6, 6.07) is 5.97. The van der Waals surface area contributed by atoms with Crippen molar-refractivity contribution >= 4 is 23.2 Å². The molecule has 1 aromatic carbocycles. The second-order valence-corrected chi connectivity index (χ2v) is 5.71. The summed E-state index contributed by atoms with van der Waals surface area (Å²) < 4.78 is 0. The van der Waals surface area contributed by atoms with Crippen LogP contribution < -0.4 is 15.5 Å². The number of amides is 1. The van der Waals surface area contributed by atoms with E-state index in [9.17, 15) is 4.79 Å². The number of nitrogens with one attached hydrogen (secondary N) is 2. The number of piperidine rings is 1. The lowest BCUT2D eigenvalue weighted by atomic mass is 9.86. The van der Waals surface area contributed by atoms with Gasteiger partial charge < -0.3 is 15.5 Å². The van der Waals surface area contributed by atoms with Crippen LogP contribution in [0.15, 0.2) is 18.2 Å². The quantitative estimate of drug-likeness (QED) is 0.822. The second kappa shape index (κ2) is 4.69. The van der Waals surface area contributed by atoms with Crippen molar-refractivity contribution in [2.45, 2.75) is 25.3 Å². The fourth-order valence-corrected chi connectivity index (χ4v) is 3.18. The smallest absolute Gasteiger partial charge is 0.247 e. The Labute approximate surface area is 118 Å². The highest BCUT2D eigenvalue weighted by molar-refractivity contribution is 6.31. The van der Waals surface area contributed by atoms with E-state index < -0.39 is 0 Å². The number of nitrogens with zero attached hydrogens (tertiary/aromatic N) is 1. The molecular formula is C14H18ClN3O. The van der Waals surface area contributed by atoms with Gasteiger partial charge in [0.05, 0.1) is 6.67 Å². The van der Waals surface area contributed by atoms with Crippen LogP contribution in [0.5, 0.6) is 0 Å². The molecule has 0 aliphatic carbocycles. The third-order valence-electron chi connectivity index (χ3n) is 4.22. The fraction of sp³-hybridized carbons (Fsp3) is 0.500. The molecule has 1 aromatic rings. The van der Waals surface area contributed by atoms with Gasteiger partial charge in [0.25, 0.3) is 0 Å². The van der Waals surface area contributed by atoms with Crippen molar-refractivity contribution in [3.63, 3.8) is 0 Å². The summed E-state index contributed by atoms with van der Waals surface area (Å²) in [5.41, 5.74) is 1.73. The molecule has 0 unspecified atom stereocenters. The van der Waals surface area contributed by atoms with Gasteiger partial charge in [0.1, 0.15) is 5.54 Å². The number of hydrogen-bond donors (Lipinski definition) is 2. The first-order valence-corrected chi connectivity index (χ1v) is 7.04. The summed E-state index contributed by atoms with van der Waals surface area (Å²) in [6.45, 7) is 4.35. The van der Waals surface area contributed by atoms with E-state index in [4.69, 9.17) is 11.6 Å².